The highest BCUT2D eigenvalue weighted by Gasteiger charge is 2.08. The van der Waals surface area contributed by atoms with Crippen LogP contribution in [0.5, 0.6) is 0 Å². The van der Waals surface area contributed by atoms with Crippen molar-refractivity contribution in [2.75, 3.05) is 6.54 Å². The summed E-state index contributed by atoms with van der Waals surface area (Å²) < 4.78 is 6.70. The van der Waals surface area contributed by atoms with Gasteiger partial charge < -0.3 is 9.73 Å². The first-order valence-electron chi connectivity index (χ1n) is 6.85. The van der Waals surface area contributed by atoms with Gasteiger partial charge in [0.2, 0.25) is 0 Å². The van der Waals surface area contributed by atoms with Gasteiger partial charge in [-0.3, -0.25) is 4.79 Å². The summed E-state index contributed by atoms with van der Waals surface area (Å²) in [6.07, 6.45) is 1.65. The van der Waals surface area contributed by atoms with Crippen LogP contribution in [-0.2, 0) is 6.54 Å². The van der Waals surface area contributed by atoms with E-state index in [0.29, 0.717) is 24.0 Å². The third-order valence-corrected chi connectivity index (χ3v) is 3.37. The van der Waals surface area contributed by atoms with Crippen LogP contribution in [0, 0.1) is 0 Å². The smallest absolute Gasteiger partial charge is 0.277 e. The maximum atomic E-state index is 12.2. The van der Waals surface area contributed by atoms with E-state index in [9.17, 15) is 4.79 Å². The number of fused-ring (bicyclic) bond motifs is 1. The van der Waals surface area contributed by atoms with Crippen molar-refractivity contribution >= 4 is 10.9 Å². The minimum Gasteiger partial charge on any atom is -0.468 e. The standard InChI is InChI=1S/C15H16N4O2/c1-11(14-7-4-10-21-14)16-8-9-19-15(20)12-5-2-3-6-13(12)17-18-19/h2-7,10-11,16H,8-9H2,1H3. The van der Waals surface area contributed by atoms with Gasteiger partial charge in [-0.15, -0.1) is 5.10 Å². The van der Waals surface area contributed by atoms with Crippen molar-refractivity contribution in [3.05, 3.63) is 58.8 Å². The average Bonchev–Trinajstić information content (AvgIpc) is 3.04. The van der Waals surface area contributed by atoms with E-state index in [2.05, 4.69) is 15.6 Å². The molecule has 21 heavy (non-hydrogen) atoms. The highest BCUT2D eigenvalue weighted by Crippen LogP contribution is 2.11. The van der Waals surface area contributed by atoms with Crippen LogP contribution in [-0.4, -0.2) is 21.5 Å². The van der Waals surface area contributed by atoms with Gasteiger partial charge in [-0.1, -0.05) is 17.3 Å². The SMILES string of the molecule is CC(NCCn1nnc2ccccc2c1=O)c1ccco1. The number of hydrogen-bond acceptors (Lipinski definition) is 5. The van der Waals surface area contributed by atoms with E-state index in [1.165, 1.54) is 4.68 Å². The van der Waals surface area contributed by atoms with Crippen LogP contribution >= 0.6 is 0 Å². The monoisotopic (exact) mass is 284 g/mol. The minimum absolute atomic E-state index is 0.0871. The molecule has 1 unspecified atom stereocenters. The summed E-state index contributed by atoms with van der Waals surface area (Å²) in [4.78, 5) is 12.2. The van der Waals surface area contributed by atoms with Crippen LogP contribution < -0.4 is 10.9 Å². The molecule has 0 saturated heterocycles. The summed E-state index contributed by atoms with van der Waals surface area (Å²) in [6.45, 7) is 3.07. The summed E-state index contributed by atoms with van der Waals surface area (Å²) >= 11 is 0. The van der Waals surface area contributed by atoms with Crippen molar-refractivity contribution in [2.45, 2.75) is 19.5 Å². The van der Waals surface area contributed by atoms with E-state index in [1.807, 2.05) is 31.2 Å². The van der Waals surface area contributed by atoms with Crippen LogP contribution in [0.15, 0.2) is 51.9 Å². The van der Waals surface area contributed by atoms with Gasteiger partial charge in [0.15, 0.2) is 0 Å². The largest absolute Gasteiger partial charge is 0.468 e. The third-order valence-electron chi connectivity index (χ3n) is 3.37. The van der Waals surface area contributed by atoms with Crippen molar-refractivity contribution in [3.8, 4) is 0 Å². The topological polar surface area (TPSA) is 73.0 Å². The predicted molar refractivity (Wildman–Crippen MR) is 78.9 cm³/mol. The average molecular weight is 284 g/mol. The molecule has 0 aliphatic heterocycles. The third kappa shape index (κ3) is 2.85. The van der Waals surface area contributed by atoms with Crippen molar-refractivity contribution < 1.29 is 4.42 Å². The summed E-state index contributed by atoms with van der Waals surface area (Å²) in [5, 5.41) is 11.9. The Kier molecular flexibility index (Phi) is 3.79. The lowest BCUT2D eigenvalue weighted by molar-refractivity contribution is 0.413. The van der Waals surface area contributed by atoms with Gasteiger partial charge in [-0.05, 0) is 31.2 Å². The molecule has 2 heterocycles. The number of hydrogen-bond donors (Lipinski definition) is 1. The molecule has 0 radical (unpaired) electrons. The lowest BCUT2D eigenvalue weighted by atomic mass is 10.2. The van der Waals surface area contributed by atoms with Gasteiger partial charge in [0, 0.05) is 6.54 Å². The molecular formula is C15H16N4O2. The van der Waals surface area contributed by atoms with E-state index in [0.717, 1.165) is 5.76 Å². The minimum atomic E-state index is -0.118. The molecule has 0 aliphatic rings. The zero-order valence-corrected chi connectivity index (χ0v) is 11.7. The van der Waals surface area contributed by atoms with Gasteiger partial charge in [0.05, 0.1) is 24.2 Å². The summed E-state index contributed by atoms with van der Waals surface area (Å²) in [7, 11) is 0. The highest BCUT2D eigenvalue weighted by molar-refractivity contribution is 5.76. The van der Waals surface area contributed by atoms with Crippen LogP contribution in [0.2, 0.25) is 0 Å². The van der Waals surface area contributed by atoms with Gasteiger partial charge in [-0.2, -0.15) is 0 Å². The normalized spacial score (nSPS) is 12.6. The molecule has 0 saturated carbocycles. The number of rotatable bonds is 5. The van der Waals surface area contributed by atoms with E-state index in [1.54, 1.807) is 18.4 Å². The molecule has 0 fully saturated rings. The molecule has 0 bridgehead atoms. The Bertz CT molecular complexity index is 780. The van der Waals surface area contributed by atoms with E-state index in [4.69, 9.17) is 4.42 Å². The van der Waals surface area contributed by atoms with Crippen molar-refractivity contribution in [1.82, 2.24) is 20.3 Å². The molecule has 3 aromatic rings. The number of furan rings is 1. The number of benzene rings is 1. The van der Waals surface area contributed by atoms with Crippen molar-refractivity contribution in [3.63, 3.8) is 0 Å². The Hall–Kier alpha value is -2.47. The molecular weight excluding hydrogens is 268 g/mol. The summed E-state index contributed by atoms with van der Waals surface area (Å²) in [6, 6.07) is 11.1. The summed E-state index contributed by atoms with van der Waals surface area (Å²) in [5.74, 6) is 0.868. The van der Waals surface area contributed by atoms with E-state index in [-0.39, 0.29) is 11.6 Å². The Labute approximate surface area is 121 Å². The zero-order chi connectivity index (χ0) is 14.7. The van der Waals surface area contributed by atoms with Gasteiger partial charge >= 0.3 is 0 Å². The Morgan fingerprint density at radius 2 is 2.14 bits per heavy atom. The zero-order valence-electron chi connectivity index (χ0n) is 11.7. The van der Waals surface area contributed by atoms with Gasteiger partial charge in [0.1, 0.15) is 11.3 Å². The quantitative estimate of drug-likeness (QED) is 0.772. The summed E-state index contributed by atoms with van der Waals surface area (Å²) in [5.41, 5.74) is 0.503. The van der Waals surface area contributed by atoms with Crippen LogP contribution in [0.4, 0.5) is 0 Å². The predicted octanol–water partition coefficient (Wildman–Crippen LogP) is 1.74. The Balaban J connectivity index is 1.68. The molecule has 0 amide bonds. The Morgan fingerprint density at radius 1 is 1.29 bits per heavy atom. The second kappa shape index (κ2) is 5.88. The van der Waals surface area contributed by atoms with Crippen molar-refractivity contribution in [2.24, 2.45) is 0 Å². The van der Waals surface area contributed by atoms with Gasteiger partial charge in [-0.25, -0.2) is 4.68 Å². The van der Waals surface area contributed by atoms with Crippen LogP contribution in [0.3, 0.4) is 0 Å². The fourth-order valence-corrected chi connectivity index (χ4v) is 2.19. The molecule has 1 N–H and O–H groups in total. The van der Waals surface area contributed by atoms with Crippen LogP contribution in [0.1, 0.15) is 18.7 Å². The number of nitrogens with zero attached hydrogens (tertiary/aromatic N) is 3. The molecule has 1 aromatic carbocycles. The van der Waals surface area contributed by atoms with E-state index < -0.39 is 0 Å². The van der Waals surface area contributed by atoms with Gasteiger partial charge in [0.25, 0.3) is 5.56 Å². The fraction of sp³-hybridized carbons (Fsp3) is 0.267. The molecule has 1 atom stereocenters. The number of nitrogens with one attached hydrogen (secondary N) is 1. The highest BCUT2D eigenvalue weighted by atomic mass is 16.3. The Morgan fingerprint density at radius 3 is 2.95 bits per heavy atom. The van der Waals surface area contributed by atoms with E-state index >= 15 is 0 Å². The second-order valence-corrected chi connectivity index (χ2v) is 4.83. The molecule has 6 nitrogen and oxygen atoms in total. The molecule has 0 aliphatic carbocycles. The lowest BCUT2D eigenvalue weighted by Crippen LogP contribution is -2.30. The maximum absolute atomic E-state index is 12.2. The molecule has 2 aromatic heterocycles. The number of aromatic nitrogens is 3. The first-order valence-corrected chi connectivity index (χ1v) is 6.85. The first kappa shape index (κ1) is 13.5. The molecule has 0 spiro atoms. The fourth-order valence-electron chi connectivity index (χ4n) is 2.19. The molecule has 108 valence electrons. The first-order chi connectivity index (χ1) is 10.3. The maximum Gasteiger partial charge on any atom is 0.277 e. The molecule has 3 rings (SSSR count). The lowest BCUT2D eigenvalue weighted by Gasteiger charge is -2.11. The molecule has 6 heteroatoms. The van der Waals surface area contributed by atoms with Crippen LogP contribution in [0.25, 0.3) is 10.9 Å². The second-order valence-electron chi connectivity index (χ2n) is 4.83. The van der Waals surface area contributed by atoms with Crippen molar-refractivity contribution in [1.29, 1.82) is 0 Å².